The molecule has 2 amide bonds. The second-order valence-corrected chi connectivity index (χ2v) is 7.27. The second kappa shape index (κ2) is 6.98. The van der Waals surface area contributed by atoms with Crippen LogP contribution in [0.3, 0.4) is 0 Å². The zero-order valence-corrected chi connectivity index (χ0v) is 15.1. The molecule has 2 aliphatic heterocycles. The highest BCUT2D eigenvalue weighted by Crippen LogP contribution is 2.34. The Labute approximate surface area is 147 Å². The summed E-state index contributed by atoms with van der Waals surface area (Å²) in [5.41, 5.74) is -0.453. The summed E-state index contributed by atoms with van der Waals surface area (Å²) in [5, 5.41) is 0. The quantitative estimate of drug-likeness (QED) is 0.816. The minimum absolute atomic E-state index is 0.154. The van der Waals surface area contributed by atoms with Gasteiger partial charge in [0.25, 0.3) is 11.9 Å². The Morgan fingerprint density at radius 3 is 2.64 bits per heavy atom. The van der Waals surface area contributed by atoms with Gasteiger partial charge in [0.15, 0.2) is 5.76 Å². The summed E-state index contributed by atoms with van der Waals surface area (Å²) < 4.78 is 16.0. The fourth-order valence-electron chi connectivity index (χ4n) is 3.36. The van der Waals surface area contributed by atoms with Crippen LogP contribution >= 0.6 is 0 Å². The van der Waals surface area contributed by atoms with Gasteiger partial charge < -0.3 is 23.7 Å². The molecule has 0 aliphatic carbocycles. The van der Waals surface area contributed by atoms with Gasteiger partial charge in [0.05, 0.1) is 13.7 Å². The van der Waals surface area contributed by atoms with Crippen LogP contribution in [0.25, 0.3) is 0 Å². The van der Waals surface area contributed by atoms with Crippen LogP contribution in [0.1, 0.15) is 43.7 Å². The second-order valence-electron chi connectivity index (χ2n) is 7.27. The summed E-state index contributed by atoms with van der Waals surface area (Å²) in [7, 11) is 1.50. The van der Waals surface area contributed by atoms with E-state index >= 15 is 0 Å². The average Bonchev–Trinajstić information content (AvgIpc) is 3.18. The highest BCUT2D eigenvalue weighted by molar-refractivity contribution is 5.91. The molecule has 2 saturated heterocycles. The van der Waals surface area contributed by atoms with Crippen molar-refractivity contribution in [1.82, 2.24) is 9.80 Å². The number of nitrogens with zero attached hydrogens (tertiary/aromatic N) is 2. The normalized spacial score (nSPS) is 19.6. The van der Waals surface area contributed by atoms with Crippen LogP contribution in [0.5, 0.6) is 5.95 Å². The van der Waals surface area contributed by atoms with E-state index in [2.05, 4.69) is 13.8 Å². The smallest absolute Gasteiger partial charge is 0.410 e. The number of likely N-dealkylation sites (tertiary alicyclic amines) is 1. The number of piperidine rings is 1. The maximum Gasteiger partial charge on any atom is 0.410 e. The first-order valence-electron chi connectivity index (χ1n) is 8.83. The Kier molecular flexibility index (Phi) is 4.92. The Bertz CT molecular complexity index is 631. The van der Waals surface area contributed by atoms with Crippen LogP contribution in [-0.4, -0.2) is 60.7 Å². The first-order chi connectivity index (χ1) is 11.9. The number of carbonyl (C=O) groups is 2. The van der Waals surface area contributed by atoms with Gasteiger partial charge in [0.1, 0.15) is 5.60 Å². The van der Waals surface area contributed by atoms with Gasteiger partial charge in [-0.25, -0.2) is 4.79 Å². The predicted octanol–water partition coefficient (Wildman–Crippen LogP) is 2.76. The summed E-state index contributed by atoms with van der Waals surface area (Å²) in [5.74, 6) is 0.991. The van der Waals surface area contributed by atoms with Gasteiger partial charge in [-0.15, -0.1) is 0 Å². The molecular weight excluding hydrogens is 324 g/mol. The lowest BCUT2D eigenvalue weighted by molar-refractivity contribution is 0.00213. The molecule has 7 heteroatoms. The van der Waals surface area contributed by atoms with Crippen molar-refractivity contribution in [3.8, 4) is 5.95 Å². The molecule has 2 fully saturated rings. The standard InChI is InChI=1S/C18H26N2O5/c1-13(2)6-9-20-12-18(25-17(20)22)7-10-19(11-8-18)16(21)14-4-5-15(23-3)24-14/h4-5,13H,6-12H2,1-3H3. The van der Waals surface area contributed by atoms with E-state index in [0.717, 1.165) is 13.0 Å². The zero-order chi connectivity index (χ0) is 18.0. The molecule has 2 aliphatic rings. The van der Waals surface area contributed by atoms with Crippen LogP contribution in [0.4, 0.5) is 4.79 Å². The van der Waals surface area contributed by atoms with E-state index in [-0.39, 0.29) is 17.8 Å². The molecule has 0 aromatic carbocycles. The highest BCUT2D eigenvalue weighted by atomic mass is 16.6. The predicted molar refractivity (Wildman–Crippen MR) is 90.6 cm³/mol. The number of rotatable bonds is 5. The van der Waals surface area contributed by atoms with Gasteiger partial charge in [0, 0.05) is 38.5 Å². The lowest BCUT2D eigenvalue weighted by Crippen LogP contribution is -2.48. The number of ether oxygens (including phenoxy) is 2. The summed E-state index contributed by atoms with van der Waals surface area (Å²) in [6.45, 7) is 6.73. The largest absolute Gasteiger partial charge is 0.468 e. The first-order valence-corrected chi connectivity index (χ1v) is 8.83. The third kappa shape index (κ3) is 3.75. The van der Waals surface area contributed by atoms with Crippen LogP contribution in [0, 0.1) is 5.92 Å². The maximum absolute atomic E-state index is 12.5. The third-order valence-electron chi connectivity index (χ3n) is 4.97. The zero-order valence-electron chi connectivity index (χ0n) is 15.1. The van der Waals surface area contributed by atoms with Crippen LogP contribution < -0.4 is 4.74 Å². The molecule has 1 aromatic rings. The molecule has 0 radical (unpaired) electrons. The molecule has 138 valence electrons. The molecule has 0 N–H and O–H groups in total. The molecule has 25 heavy (non-hydrogen) atoms. The van der Waals surface area contributed by atoms with Gasteiger partial charge >= 0.3 is 6.09 Å². The number of hydrogen-bond donors (Lipinski definition) is 0. The Balaban J connectivity index is 1.56. The topological polar surface area (TPSA) is 72.2 Å². The maximum atomic E-state index is 12.5. The Hall–Kier alpha value is -2.18. The van der Waals surface area contributed by atoms with E-state index < -0.39 is 5.60 Å². The average molecular weight is 350 g/mol. The number of furan rings is 1. The van der Waals surface area contributed by atoms with Crippen LogP contribution in [-0.2, 0) is 4.74 Å². The third-order valence-corrected chi connectivity index (χ3v) is 4.97. The fraction of sp³-hybridized carbons (Fsp3) is 0.667. The summed E-state index contributed by atoms with van der Waals surface area (Å²) in [6, 6.07) is 3.25. The monoisotopic (exact) mass is 350 g/mol. The van der Waals surface area contributed by atoms with Crippen LogP contribution in [0.2, 0.25) is 0 Å². The molecule has 1 aromatic heterocycles. The fourth-order valence-corrected chi connectivity index (χ4v) is 3.36. The van der Waals surface area contributed by atoms with Crippen LogP contribution in [0.15, 0.2) is 16.5 Å². The lowest BCUT2D eigenvalue weighted by atomic mass is 9.91. The minimum Gasteiger partial charge on any atom is -0.468 e. The lowest BCUT2D eigenvalue weighted by Gasteiger charge is -2.37. The highest BCUT2D eigenvalue weighted by Gasteiger charge is 2.47. The van der Waals surface area contributed by atoms with Crippen molar-refractivity contribution < 1.29 is 23.5 Å². The molecule has 0 saturated carbocycles. The number of methoxy groups -OCH3 is 1. The van der Waals surface area contributed by atoms with E-state index in [9.17, 15) is 9.59 Å². The summed E-state index contributed by atoms with van der Waals surface area (Å²) in [4.78, 5) is 28.2. The van der Waals surface area contributed by atoms with Crippen molar-refractivity contribution in [2.45, 2.75) is 38.7 Å². The molecule has 7 nitrogen and oxygen atoms in total. The minimum atomic E-state index is -0.453. The first kappa shape index (κ1) is 17.6. The van der Waals surface area contributed by atoms with Crippen molar-refractivity contribution in [3.63, 3.8) is 0 Å². The van der Waals surface area contributed by atoms with Gasteiger partial charge in [0.2, 0.25) is 0 Å². The summed E-state index contributed by atoms with van der Waals surface area (Å²) in [6.07, 6.45) is 2.05. The molecule has 0 bridgehead atoms. The SMILES string of the molecule is COc1ccc(C(=O)N2CCC3(CC2)CN(CCC(C)C)C(=O)O3)o1. The van der Waals surface area contributed by atoms with E-state index in [0.29, 0.717) is 44.3 Å². The van der Waals surface area contributed by atoms with E-state index in [1.807, 2.05) is 0 Å². The van der Waals surface area contributed by atoms with Crippen molar-refractivity contribution in [1.29, 1.82) is 0 Å². The van der Waals surface area contributed by atoms with Crippen molar-refractivity contribution in [3.05, 3.63) is 17.9 Å². The number of amides is 2. The van der Waals surface area contributed by atoms with Crippen molar-refractivity contribution in [2.24, 2.45) is 5.92 Å². The van der Waals surface area contributed by atoms with E-state index in [4.69, 9.17) is 13.9 Å². The van der Waals surface area contributed by atoms with Gasteiger partial charge in [-0.1, -0.05) is 13.8 Å². The molecule has 1 spiro atoms. The van der Waals surface area contributed by atoms with E-state index in [1.54, 1.807) is 21.9 Å². The van der Waals surface area contributed by atoms with Crippen molar-refractivity contribution >= 4 is 12.0 Å². The van der Waals surface area contributed by atoms with Gasteiger partial charge in [-0.05, 0) is 18.4 Å². The van der Waals surface area contributed by atoms with Crippen molar-refractivity contribution in [2.75, 3.05) is 33.3 Å². The Morgan fingerprint density at radius 1 is 1.32 bits per heavy atom. The van der Waals surface area contributed by atoms with Gasteiger partial charge in [-0.3, -0.25) is 4.79 Å². The molecular formula is C18H26N2O5. The number of carbonyl (C=O) groups excluding carboxylic acids is 2. The molecule has 0 unspecified atom stereocenters. The molecule has 3 heterocycles. The molecule has 0 atom stereocenters. The molecule has 3 rings (SSSR count). The number of hydrogen-bond acceptors (Lipinski definition) is 5. The van der Waals surface area contributed by atoms with E-state index in [1.165, 1.54) is 7.11 Å². The summed E-state index contributed by atoms with van der Waals surface area (Å²) >= 11 is 0. The van der Waals surface area contributed by atoms with Gasteiger partial charge in [-0.2, -0.15) is 0 Å². The Morgan fingerprint density at radius 2 is 2.04 bits per heavy atom.